The van der Waals surface area contributed by atoms with Gasteiger partial charge in [-0.15, -0.1) is 0 Å². The van der Waals surface area contributed by atoms with Crippen LogP contribution in [0, 0.1) is 11.6 Å². The van der Waals surface area contributed by atoms with E-state index in [-0.39, 0.29) is 24.2 Å². The van der Waals surface area contributed by atoms with Crippen LogP contribution in [-0.2, 0) is 13.1 Å². The van der Waals surface area contributed by atoms with Crippen LogP contribution in [-0.4, -0.2) is 37.5 Å². The van der Waals surface area contributed by atoms with E-state index in [0.29, 0.717) is 30.9 Å². The minimum absolute atomic E-state index is 0.116. The van der Waals surface area contributed by atoms with E-state index in [0.717, 1.165) is 37.4 Å². The summed E-state index contributed by atoms with van der Waals surface area (Å²) in [6, 6.07) is 7.28. The maximum Gasteiger partial charge on any atom is 0.266 e. The first kappa shape index (κ1) is 18.9. The number of piperidine rings is 1. The molecule has 0 radical (unpaired) electrons. The number of nitrogens with zero attached hydrogens (tertiary/aromatic N) is 3. The van der Waals surface area contributed by atoms with Crippen LogP contribution in [0.3, 0.4) is 0 Å². The molecule has 1 aromatic carbocycles. The van der Waals surface area contributed by atoms with Crippen molar-refractivity contribution in [3.63, 3.8) is 0 Å². The Kier molecular flexibility index (Phi) is 4.55. The van der Waals surface area contributed by atoms with E-state index in [9.17, 15) is 18.7 Å². The molecule has 1 aromatic heterocycles. The van der Waals surface area contributed by atoms with Crippen molar-refractivity contribution in [3.8, 4) is 0 Å². The minimum atomic E-state index is -0.997. The molecule has 1 saturated carbocycles. The van der Waals surface area contributed by atoms with Gasteiger partial charge in [-0.1, -0.05) is 6.07 Å². The number of aromatic nitrogens is 2. The van der Waals surface area contributed by atoms with Crippen molar-refractivity contribution in [3.05, 3.63) is 63.6 Å². The van der Waals surface area contributed by atoms with Gasteiger partial charge < -0.3 is 5.11 Å². The Bertz CT molecular complexity index is 974. The first-order valence-electron chi connectivity index (χ1n) is 10.4. The second kappa shape index (κ2) is 6.99. The zero-order valence-electron chi connectivity index (χ0n) is 16.2. The van der Waals surface area contributed by atoms with Gasteiger partial charge >= 0.3 is 0 Å². The molecule has 7 heteroatoms. The molecule has 154 valence electrons. The molecule has 3 fully saturated rings. The van der Waals surface area contributed by atoms with Gasteiger partial charge in [0.25, 0.3) is 5.56 Å². The Hall–Kier alpha value is -2.12. The van der Waals surface area contributed by atoms with Crippen LogP contribution >= 0.6 is 0 Å². The van der Waals surface area contributed by atoms with Crippen molar-refractivity contribution >= 4 is 0 Å². The summed E-state index contributed by atoms with van der Waals surface area (Å²) in [6.45, 7) is 0.602. The highest BCUT2D eigenvalue weighted by Gasteiger charge is 2.48. The van der Waals surface area contributed by atoms with Crippen molar-refractivity contribution in [2.75, 3.05) is 0 Å². The van der Waals surface area contributed by atoms with Crippen LogP contribution in [0.25, 0.3) is 0 Å². The number of aliphatic hydroxyl groups is 1. The van der Waals surface area contributed by atoms with E-state index < -0.39 is 17.2 Å². The summed E-state index contributed by atoms with van der Waals surface area (Å²) in [5.41, 5.74) is 0.220. The molecule has 0 spiro atoms. The molecule has 1 unspecified atom stereocenters. The Morgan fingerprint density at radius 1 is 1.07 bits per heavy atom. The molecule has 0 amide bonds. The molecule has 5 rings (SSSR count). The molecule has 2 bridgehead atoms. The second-order valence-corrected chi connectivity index (χ2v) is 8.95. The lowest BCUT2D eigenvalue weighted by atomic mass is 9.85. The Morgan fingerprint density at radius 2 is 1.79 bits per heavy atom. The number of hydrogen-bond donors (Lipinski definition) is 1. The fraction of sp³-hybridized carbons (Fsp3) is 0.545. The number of hydrogen-bond acceptors (Lipinski definition) is 4. The summed E-state index contributed by atoms with van der Waals surface area (Å²) in [6.07, 6.45) is 5.12. The molecule has 2 saturated heterocycles. The highest BCUT2D eigenvalue weighted by Crippen LogP contribution is 2.42. The molecule has 1 aliphatic carbocycles. The van der Waals surface area contributed by atoms with Gasteiger partial charge in [-0.3, -0.25) is 9.69 Å². The topological polar surface area (TPSA) is 58.4 Å². The number of benzene rings is 1. The molecular weight excluding hydrogens is 376 g/mol. The van der Waals surface area contributed by atoms with Crippen LogP contribution in [0.4, 0.5) is 8.78 Å². The minimum Gasteiger partial charge on any atom is -0.388 e. The van der Waals surface area contributed by atoms with Gasteiger partial charge in [0.15, 0.2) is 0 Å². The quantitative estimate of drug-likeness (QED) is 0.837. The van der Waals surface area contributed by atoms with Crippen molar-refractivity contribution in [2.45, 2.75) is 75.2 Å². The standard InChI is InChI=1S/C22H25F2N3O2/c23-16-4-3-15(19(24)9-16)12-26-17-5-6-18(26)11-22(29,10-17)13-27-21(28)8-7-20(25-27)14-1-2-14/h3-4,7-9,14,17-18,29H,1-2,5-6,10-13H2/t17-,18+,22?. The molecule has 29 heavy (non-hydrogen) atoms. The maximum atomic E-state index is 14.1. The van der Waals surface area contributed by atoms with E-state index in [1.807, 2.05) is 0 Å². The van der Waals surface area contributed by atoms with Gasteiger partial charge in [-0.25, -0.2) is 13.5 Å². The SMILES string of the molecule is O=c1ccc(C2CC2)nn1CC1(O)C[C@H]2CC[C@@H](C1)N2Cc1ccc(F)cc1F. The van der Waals surface area contributed by atoms with Crippen molar-refractivity contribution < 1.29 is 13.9 Å². The van der Waals surface area contributed by atoms with E-state index >= 15 is 0 Å². The summed E-state index contributed by atoms with van der Waals surface area (Å²) in [7, 11) is 0. The highest BCUT2D eigenvalue weighted by molar-refractivity contribution is 5.20. The Balaban J connectivity index is 1.32. The van der Waals surface area contributed by atoms with E-state index in [1.54, 1.807) is 12.1 Å². The normalized spacial score (nSPS) is 29.3. The summed E-state index contributed by atoms with van der Waals surface area (Å²) in [5, 5.41) is 15.8. The third-order valence-electron chi connectivity index (χ3n) is 6.70. The molecule has 2 aromatic rings. The smallest absolute Gasteiger partial charge is 0.266 e. The van der Waals surface area contributed by atoms with Crippen molar-refractivity contribution in [1.82, 2.24) is 14.7 Å². The summed E-state index contributed by atoms with van der Waals surface area (Å²) in [4.78, 5) is 14.5. The van der Waals surface area contributed by atoms with Gasteiger partial charge in [-0.2, -0.15) is 5.10 Å². The number of rotatable bonds is 5. The summed E-state index contributed by atoms with van der Waals surface area (Å²) < 4.78 is 28.7. The lowest BCUT2D eigenvalue weighted by Crippen LogP contribution is -2.53. The van der Waals surface area contributed by atoms with Gasteiger partial charge in [0, 0.05) is 42.2 Å². The fourth-order valence-electron chi connectivity index (χ4n) is 5.10. The van der Waals surface area contributed by atoms with Gasteiger partial charge in [0.1, 0.15) is 11.6 Å². The summed E-state index contributed by atoms with van der Waals surface area (Å²) in [5.74, 6) is -0.661. The lowest BCUT2D eigenvalue weighted by Gasteiger charge is -2.43. The number of fused-ring (bicyclic) bond motifs is 2. The first-order chi connectivity index (χ1) is 13.9. The molecule has 2 aliphatic heterocycles. The fourth-order valence-corrected chi connectivity index (χ4v) is 5.10. The highest BCUT2D eigenvalue weighted by atomic mass is 19.1. The third-order valence-corrected chi connectivity index (χ3v) is 6.70. The molecule has 3 aliphatic rings. The Morgan fingerprint density at radius 3 is 2.45 bits per heavy atom. The zero-order valence-corrected chi connectivity index (χ0v) is 16.2. The second-order valence-electron chi connectivity index (χ2n) is 8.95. The van der Waals surface area contributed by atoms with Crippen LogP contribution in [0.2, 0.25) is 0 Å². The Labute approximate surface area is 168 Å². The molecule has 5 nitrogen and oxygen atoms in total. The van der Waals surface area contributed by atoms with Crippen LogP contribution in [0.1, 0.15) is 55.7 Å². The molecule has 3 atom stereocenters. The monoisotopic (exact) mass is 401 g/mol. The molecule has 1 N–H and O–H groups in total. The van der Waals surface area contributed by atoms with Gasteiger partial charge in [-0.05, 0) is 50.7 Å². The van der Waals surface area contributed by atoms with E-state index in [4.69, 9.17) is 0 Å². The first-order valence-corrected chi connectivity index (χ1v) is 10.4. The maximum absolute atomic E-state index is 14.1. The predicted octanol–water partition coefficient (Wildman–Crippen LogP) is 2.96. The van der Waals surface area contributed by atoms with Gasteiger partial charge in [0.2, 0.25) is 0 Å². The zero-order chi connectivity index (χ0) is 20.2. The van der Waals surface area contributed by atoms with Crippen molar-refractivity contribution in [2.24, 2.45) is 0 Å². The average Bonchev–Trinajstić information content (AvgIpc) is 3.47. The van der Waals surface area contributed by atoms with E-state index in [2.05, 4.69) is 10.00 Å². The summed E-state index contributed by atoms with van der Waals surface area (Å²) >= 11 is 0. The third kappa shape index (κ3) is 3.73. The van der Waals surface area contributed by atoms with Crippen molar-refractivity contribution in [1.29, 1.82) is 0 Å². The average molecular weight is 401 g/mol. The molecular formula is C22H25F2N3O2. The van der Waals surface area contributed by atoms with Crippen LogP contribution < -0.4 is 5.56 Å². The molecule has 3 heterocycles. The lowest BCUT2D eigenvalue weighted by molar-refractivity contribution is -0.0680. The predicted molar refractivity (Wildman–Crippen MR) is 103 cm³/mol. The number of halogens is 2. The van der Waals surface area contributed by atoms with E-state index in [1.165, 1.54) is 16.8 Å². The largest absolute Gasteiger partial charge is 0.388 e. The van der Waals surface area contributed by atoms with Crippen LogP contribution in [0.5, 0.6) is 0 Å². The van der Waals surface area contributed by atoms with Gasteiger partial charge in [0.05, 0.1) is 17.8 Å². The van der Waals surface area contributed by atoms with Crippen LogP contribution in [0.15, 0.2) is 35.1 Å².